The topological polar surface area (TPSA) is 148 Å². The summed E-state index contributed by atoms with van der Waals surface area (Å²) >= 11 is 0. The second-order valence-corrected chi connectivity index (χ2v) is 21.5. The minimum atomic E-state index is -0.893. The van der Waals surface area contributed by atoms with Gasteiger partial charge in [0.25, 0.3) is 5.56 Å². The molecule has 11 nitrogen and oxygen atoms in total. The van der Waals surface area contributed by atoms with Crippen LogP contribution in [-0.4, -0.2) is 54.7 Å². The molecule has 2 fully saturated rings. The lowest BCUT2D eigenvalue weighted by atomic mass is 9.78. The van der Waals surface area contributed by atoms with E-state index >= 15 is 9.90 Å². The molecule has 5 aliphatic rings. The van der Waals surface area contributed by atoms with Crippen LogP contribution in [-0.2, 0) is 20.4 Å². The zero-order chi connectivity index (χ0) is 49.8. The van der Waals surface area contributed by atoms with Crippen LogP contribution in [0, 0.1) is 0 Å². The summed E-state index contributed by atoms with van der Waals surface area (Å²) in [6, 6.07) is 24.2. The fraction of sp³-hybridized carbons (Fsp3) is 0.417. The number of allylic oxidation sites excluding steroid dienone is 8. The van der Waals surface area contributed by atoms with E-state index in [4.69, 9.17) is 0 Å². The van der Waals surface area contributed by atoms with Crippen LogP contribution in [0.4, 0.5) is 11.4 Å². The molecule has 2 N–H and O–H groups in total. The molecule has 2 saturated carbocycles. The molecule has 0 atom stereocenters. The molecule has 3 heterocycles. The first-order valence-electron chi connectivity index (χ1n) is 26.0. The van der Waals surface area contributed by atoms with Gasteiger partial charge in [-0.2, -0.15) is 4.58 Å². The van der Waals surface area contributed by atoms with Crippen LogP contribution in [0.5, 0.6) is 5.88 Å². The van der Waals surface area contributed by atoms with Gasteiger partial charge in [0.05, 0.1) is 17.4 Å². The molecule has 1 aromatic heterocycles. The van der Waals surface area contributed by atoms with Gasteiger partial charge in [-0.3, -0.25) is 19.0 Å². The third kappa shape index (κ3) is 8.48. The molecular formula is C60H66N4O7. The van der Waals surface area contributed by atoms with Crippen molar-refractivity contribution in [1.29, 1.82) is 0 Å². The predicted molar refractivity (Wildman–Crippen MR) is 280 cm³/mol. The smallest absolute Gasteiger partial charge is 0.331 e. The van der Waals surface area contributed by atoms with E-state index in [-0.39, 0.29) is 43.6 Å². The van der Waals surface area contributed by atoms with Crippen molar-refractivity contribution < 1.29 is 29.5 Å². The summed E-state index contributed by atoms with van der Waals surface area (Å²) in [6.07, 6.45) is 18.4. The first-order valence-corrected chi connectivity index (χ1v) is 26.0. The zero-order valence-electron chi connectivity index (χ0n) is 41.6. The average molecular weight is 955 g/mol. The summed E-state index contributed by atoms with van der Waals surface area (Å²) in [4.78, 5) is 56.8. The predicted octanol–water partition coefficient (Wildman–Crippen LogP) is 11.5. The number of fused-ring (bicyclic) bond motifs is 6. The number of hydrogen-bond acceptors (Lipinski definition) is 6. The molecule has 10 rings (SSSR count). The number of carboxylic acid groups (broad SMARTS) is 2. The van der Waals surface area contributed by atoms with Gasteiger partial charge in [-0.25, -0.2) is 4.79 Å². The Balaban J connectivity index is 1.22. The van der Waals surface area contributed by atoms with Crippen molar-refractivity contribution in [3.8, 4) is 5.88 Å². The highest BCUT2D eigenvalue weighted by Crippen LogP contribution is 2.52. The summed E-state index contributed by atoms with van der Waals surface area (Å²) in [5, 5.41) is 39.9. The molecule has 2 aliphatic heterocycles. The molecular weight excluding hydrogens is 889 g/mol. The monoisotopic (exact) mass is 954 g/mol. The van der Waals surface area contributed by atoms with E-state index in [1.807, 2.05) is 24.3 Å². The second-order valence-electron chi connectivity index (χ2n) is 21.5. The van der Waals surface area contributed by atoms with Gasteiger partial charge in [0.1, 0.15) is 6.42 Å². The number of aliphatic carboxylic acids is 2. The van der Waals surface area contributed by atoms with E-state index in [1.54, 1.807) is 0 Å². The normalized spacial score (nSPS) is 20.5. The van der Waals surface area contributed by atoms with Crippen molar-refractivity contribution in [1.82, 2.24) is 9.13 Å². The minimum absolute atomic E-state index is 0.0418. The third-order valence-electron chi connectivity index (χ3n) is 16.4. The molecule has 0 amide bonds. The van der Waals surface area contributed by atoms with E-state index in [0.717, 1.165) is 112 Å². The van der Waals surface area contributed by atoms with Gasteiger partial charge in [-0.05, 0) is 127 Å². The van der Waals surface area contributed by atoms with Gasteiger partial charge in [0.15, 0.2) is 12.3 Å². The second kappa shape index (κ2) is 19.1. The fourth-order valence-electron chi connectivity index (χ4n) is 13.1. The highest BCUT2D eigenvalue weighted by molar-refractivity contribution is 6.08. The highest BCUT2D eigenvalue weighted by Gasteiger charge is 2.46. The van der Waals surface area contributed by atoms with Crippen molar-refractivity contribution in [2.45, 2.75) is 147 Å². The summed E-state index contributed by atoms with van der Waals surface area (Å²) in [6.45, 7) is 9.20. The van der Waals surface area contributed by atoms with Crippen molar-refractivity contribution in [2.75, 3.05) is 18.0 Å². The number of benzene rings is 4. The van der Waals surface area contributed by atoms with E-state index in [2.05, 4.69) is 110 Å². The summed E-state index contributed by atoms with van der Waals surface area (Å²) in [7, 11) is 0. The van der Waals surface area contributed by atoms with E-state index < -0.39 is 39.9 Å². The van der Waals surface area contributed by atoms with Crippen LogP contribution in [0.2, 0.25) is 0 Å². The van der Waals surface area contributed by atoms with E-state index in [0.29, 0.717) is 44.1 Å². The Morgan fingerprint density at radius 3 is 1.94 bits per heavy atom. The third-order valence-corrected chi connectivity index (χ3v) is 16.4. The quantitative estimate of drug-likeness (QED) is 0.117. The molecule has 5 aromatic rings. The summed E-state index contributed by atoms with van der Waals surface area (Å²) in [5.41, 5.74) is 6.06. The van der Waals surface area contributed by atoms with Crippen LogP contribution in [0.15, 0.2) is 124 Å². The Hall–Kier alpha value is -6.75. The summed E-state index contributed by atoms with van der Waals surface area (Å²) in [5.74, 6) is -2.32. The van der Waals surface area contributed by atoms with Crippen LogP contribution in [0.25, 0.3) is 27.1 Å². The van der Waals surface area contributed by atoms with Crippen LogP contribution < -0.4 is 21.3 Å². The minimum Gasteiger partial charge on any atom is -0.859 e. The number of aromatic nitrogens is 2. The molecule has 4 aromatic carbocycles. The van der Waals surface area contributed by atoms with Gasteiger partial charge in [0.2, 0.25) is 5.69 Å². The molecule has 3 aliphatic carbocycles. The molecule has 368 valence electrons. The molecule has 11 heteroatoms. The maximum Gasteiger partial charge on any atom is 0.331 e. The largest absolute Gasteiger partial charge is 0.859 e. The molecule has 0 bridgehead atoms. The van der Waals surface area contributed by atoms with Crippen LogP contribution in [0.1, 0.15) is 153 Å². The van der Waals surface area contributed by atoms with Crippen LogP contribution in [0.3, 0.4) is 0 Å². The lowest BCUT2D eigenvalue weighted by Gasteiger charge is -2.34. The first kappa shape index (κ1) is 47.9. The Bertz CT molecular complexity index is 3270. The lowest BCUT2D eigenvalue weighted by molar-refractivity contribution is -0.436. The lowest BCUT2D eigenvalue weighted by Crippen LogP contribution is -2.46. The van der Waals surface area contributed by atoms with Crippen molar-refractivity contribution in [3.05, 3.63) is 151 Å². The number of carbonyl (C=O) groups is 2. The van der Waals surface area contributed by atoms with Gasteiger partial charge in [-0.1, -0.05) is 119 Å². The van der Waals surface area contributed by atoms with Crippen molar-refractivity contribution in [3.63, 3.8) is 0 Å². The molecule has 0 radical (unpaired) electrons. The number of nitrogens with zero attached hydrogens (tertiary/aromatic N) is 4. The molecule has 0 unspecified atom stereocenters. The SMILES string of the molecule is CC1(C)C(/C=C/C2=C(c3c([O-])n(C4CCCCC4)c(=O)n(C4CCCCC4)c3=O)C(=C/C=C3/N(CCC(=O)O)c4ccc5ccccc5c4C3(C)C)/CCC2)=[N+](CCC(=O)O)c2ccc3ccccc3c21. The molecule has 0 saturated heterocycles. The van der Waals surface area contributed by atoms with Gasteiger partial charge in [-0.15, -0.1) is 0 Å². The Morgan fingerprint density at radius 2 is 1.30 bits per heavy atom. The average Bonchev–Trinajstić information content (AvgIpc) is 3.72. The van der Waals surface area contributed by atoms with Crippen molar-refractivity contribution in [2.24, 2.45) is 0 Å². The first-order chi connectivity index (χ1) is 34.2. The van der Waals surface area contributed by atoms with Gasteiger partial charge >= 0.3 is 17.6 Å². The summed E-state index contributed by atoms with van der Waals surface area (Å²) < 4.78 is 5.01. The Labute approximate surface area is 415 Å². The number of carboxylic acids is 2. The van der Waals surface area contributed by atoms with Crippen LogP contribution >= 0.6 is 0 Å². The Kier molecular flexibility index (Phi) is 12.9. The van der Waals surface area contributed by atoms with Gasteiger partial charge < -0.3 is 24.8 Å². The van der Waals surface area contributed by atoms with Gasteiger partial charge in [0, 0.05) is 53.1 Å². The fourth-order valence-corrected chi connectivity index (χ4v) is 13.1. The highest BCUT2D eigenvalue weighted by atomic mass is 16.4. The standard InChI is InChI=1S/C60H66N4O7/c1-59(2)48(61(36-34-50(65)66)46-30-26-38-16-11-13-24-44(38)54(46)59)32-28-40-18-15-19-41(29-33-49-60(3,4)55-45-25-14-12-17-39(45)27-31-47(55)62(49)37-35-51(67)68)52(40)53-56(69)63(42-20-7-5-8-21-42)58(71)64(57(53)70)43-22-9-6-10-23-43/h11-14,16-17,24-33,42-43H,5-10,15,18-23,34-37H2,1-4H3,(H2,65,66,67,68)/b40-28+,48-32+. The zero-order valence-corrected chi connectivity index (χ0v) is 41.6. The molecule has 0 spiro atoms. The number of anilines is 1. The number of rotatable bonds is 12. The Morgan fingerprint density at radius 1 is 0.690 bits per heavy atom. The molecule has 71 heavy (non-hydrogen) atoms. The number of hydrogen-bond donors (Lipinski definition) is 2. The maximum absolute atomic E-state index is 15.5. The van der Waals surface area contributed by atoms with E-state index in [1.165, 1.54) is 9.13 Å². The maximum atomic E-state index is 15.5. The van der Waals surface area contributed by atoms with E-state index in [9.17, 15) is 24.6 Å². The van der Waals surface area contributed by atoms with Crippen molar-refractivity contribution >= 4 is 56.1 Å².